The monoisotopic (exact) mass is 497 g/mol. The molecule has 2 aromatic rings. The molecule has 192 valence electrons. The summed E-state index contributed by atoms with van der Waals surface area (Å²) in [4.78, 5) is 36.9. The zero-order valence-electron chi connectivity index (χ0n) is 20.9. The molecule has 10 heteroatoms. The van der Waals surface area contributed by atoms with E-state index in [0.29, 0.717) is 17.7 Å². The normalized spacial score (nSPS) is 15.1. The van der Waals surface area contributed by atoms with Crippen molar-refractivity contribution >= 4 is 17.7 Å². The molecular weight excluding hydrogens is 466 g/mol. The molecule has 1 aliphatic rings. The molecule has 1 heterocycles. The van der Waals surface area contributed by atoms with Crippen LogP contribution in [0.4, 0.5) is 10.5 Å². The minimum atomic E-state index is -0.970. The van der Waals surface area contributed by atoms with Crippen molar-refractivity contribution in [2.45, 2.75) is 52.7 Å². The lowest BCUT2D eigenvalue weighted by atomic mass is 9.92. The number of hydrogen-bond acceptors (Lipinski definition) is 7. The lowest BCUT2D eigenvalue weighted by molar-refractivity contribution is -0.386. The molecule has 1 atom stereocenters. The van der Waals surface area contributed by atoms with Crippen molar-refractivity contribution in [2.24, 2.45) is 0 Å². The van der Waals surface area contributed by atoms with E-state index in [1.54, 1.807) is 6.92 Å². The van der Waals surface area contributed by atoms with Crippen molar-refractivity contribution in [3.8, 4) is 11.5 Å². The predicted octanol–water partition coefficient (Wildman–Crippen LogP) is 4.85. The quantitative estimate of drug-likeness (QED) is 0.258. The predicted molar refractivity (Wildman–Crippen MR) is 133 cm³/mol. The third-order valence-corrected chi connectivity index (χ3v) is 5.87. The maximum atomic E-state index is 12.9. The second-order valence-electron chi connectivity index (χ2n) is 8.29. The third kappa shape index (κ3) is 5.94. The number of aryl methyl sites for hydroxylation is 1. The Hall–Kier alpha value is -4.08. The van der Waals surface area contributed by atoms with Crippen LogP contribution < -0.4 is 20.1 Å². The first kappa shape index (κ1) is 26.5. The lowest BCUT2D eigenvalue weighted by Gasteiger charge is -2.29. The molecule has 0 radical (unpaired) electrons. The van der Waals surface area contributed by atoms with Crippen LogP contribution in [0.15, 0.2) is 47.7 Å². The molecule has 0 bridgehead atoms. The van der Waals surface area contributed by atoms with Crippen molar-refractivity contribution in [1.29, 1.82) is 0 Å². The zero-order chi connectivity index (χ0) is 26.2. The number of esters is 1. The van der Waals surface area contributed by atoms with Crippen molar-refractivity contribution in [2.75, 3.05) is 13.7 Å². The first-order valence-corrected chi connectivity index (χ1v) is 11.8. The number of ether oxygens (including phenoxy) is 3. The summed E-state index contributed by atoms with van der Waals surface area (Å²) in [7, 11) is 1.37. The highest BCUT2D eigenvalue weighted by molar-refractivity contribution is 5.95. The van der Waals surface area contributed by atoms with Crippen molar-refractivity contribution in [3.63, 3.8) is 0 Å². The van der Waals surface area contributed by atoms with Crippen LogP contribution in [0.1, 0.15) is 55.8 Å². The molecule has 0 saturated carbocycles. The number of nitrogens with one attached hydrogen (secondary N) is 2. The van der Waals surface area contributed by atoms with Crippen LogP contribution in [-0.4, -0.2) is 30.6 Å². The van der Waals surface area contributed by atoms with Crippen LogP contribution in [0, 0.1) is 17.0 Å². The number of nitro groups is 1. The van der Waals surface area contributed by atoms with E-state index in [-0.39, 0.29) is 36.0 Å². The van der Waals surface area contributed by atoms with E-state index in [0.717, 1.165) is 24.0 Å². The molecule has 0 saturated heterocycles. The SMILES string of the molecule is CCCCC1=C(C(=O)OCC)C(c2cc(OC)c(OCc3ccccc3C)c([N+](=O)[O-])c2)NC(=O)N1. The first-order chi connectivity index (χ1) is 17.3. The van der Waals surface area contributed by atoms with Gasteiger partial charge in [-0.15, -0.1) is 0 Å². The van der Waals surface area contributed by atoms with Crippen LogP contribution in [0.25, 0.3) is 0 Å². The molecule has 0 aromatic heterocycles. The molecule has 2 amide bonds. The van der Waals surface area contributed by atoms with Gasteiger partial charge in [-0.05, 0) is 49.4 Å². The highest BCUT2D eigenvalue weighted by Crippen LogP contribution is 2.42. The van der Waals surface area contributed by atoms with E-state index in [9.17, 15) is 19.7 Å². The van der Waals surface area contributed by atoms with Gasteiger partial charge >= 0.3 is 17.7 Å². The Labute approximate surface area is 209 Å². The number of nitrogens with zero attached hydrogens (tertiary/aromatic N) is 1. The largest absolute Gasteiger partial charge is 0.493 e. The Balaban J connectivity index is 2.09. The van der Waals surface area contributed by atoms with Gasteiger partial charge in [0.1, 0.15) is 6.61 Å². The summed E-state index contributed by atoms with van der Waals surface area (Å²) in [5.41, 5.74) is 2.45. The summed E-state index contributed by atoms with van der Waals surface area (Å²) in [5, 5.41) is 17.5. The first-order valence-electron chi connectivity index (χ1n) is 11.8. The molecule has 2 N–H and O–H groups in total. The van der Waals surface area contributed by atoms with Crippen LogP contribution in [0.2, 0.25) is 0 Å². The number of rotatable bonds is 11. The van der Waals surface area contributed by atoms with Gasteiger partial charge in [0.15, 0.2) is 5.75 Å². The van der Waals surface area contributed by atoms with Gasteiger partial charge in [-0.3, -0.25) is 10.1 Å². The highest BCUT2D eigenvalue weighted by Gasteiger charge is 2.36. The van der Waals surface area contributed by atoms with Gasteiger partial charge < -0.3 is 24.8 Å². The van der Waals surface area contributed by atoms with E-state index < -0.39 is 23.0 Å². The molecule has 3 rings (SSSR count). The number of nitro benzene ring substituents is 1. The van der Waals surface area contributed by atoms with E-state index >= 15 is 0 Å². The van der Waals surface area contributed by atoms with Crippen molar-refractivity contribution in [3.05, 3.63) is 74.5 Å². The van der Waals surface area contributed by atoms with Gasteiger partial charge in [-0.1, -0.05) is 37.6 Å². The number of allylic oxidation sites excluding steroid dienone is 1. The number of unbranched alkanes of at least 4 members (excludes halogenated alkanes) is 1. The zero-order valence-corrected chi connectivity index (χ0v) is 20.9. The summed E-state index contributed by atoms with van der Waals surface area (Å²) < 4.78 is 16.6. The molecule has 36 heavy (non-hydrogen) atoms. The maximum Gasteiger partial charge on any atom is 0.338 e. The fourth-order valence-corrected chi connectivity index (χ4v) is 4.00. The fourth-order valence-electron chi connectivity index (χ4n) is 4.00. The summed E-state index contributed by atoms with van der Waals surface area (Å²) in [5.74, 6) is -0.538. The number of carbonyl (C=O) groups excluding carboxylic acids is 2. The fraction of sp³-hybridized carbons (Fsp3) is 0.385. The number of benzene rings is 2. The molecule has 0 fully saturated rings. The van der Waals surface area contributed by atoms with E-state index in [4.69, 9.17) is 14.2 Å². The van der Waals surface area contributed by atoms with Gasteiger partial charge in [0, 0.05) is 11.8 Å². The van der Waals surface area contributed by atoms with Crippen molar-refractivity contribution < 1.29 is 28.7 Å². The smallest absolute Gasteiger partial charge is 0.338 e. The topological polar surface area (TPSA) is 129 Å². The minimum absolute atomic E-state index is 0.0392. The van der Waals surface area contributed by atoms with E-state index in [2.05, 4.69) is 10.6 Å². The van der Waals surface area contributed by atoms with Gasteiger partial charge in [0.05, 0.1) is 30.3 Å². The molecule has 10 nitrogen and oxygen atoms in total. The molecule has 2 aromatic carbocycles. The van der Waals surface area contributed by atoms with E-state index in [1.807, 2.05) is 38.1 Å². The minimum Gasteiger partial charge on any atom is -0.493 e. The number of hydrogen-bond donors (Lipinski definition) is 2. The number of carbonyl (C=O) groups is 2. The number of amides is 2. The number of methoxy groups -OCH3 is 1. The standard InChI is InChI=1S/C26H31N3O7/c1-5-7-12-19-22(25(30)35-6-2)23(28-26(31)27-19)18-13-20(29(32)33)24(21(14-18)34-4)36-15-17-11-9-8-10-16(17)3/h8-11,13-14,23H,5-7,12,15H2,1-4H3,(H2,27,28,31). The van der Waals surface area contributed by atoms with Gasteiger partial charge in [-0.2, -0.15) is 0 Å². The Bertz CT molecular complexity index is 1180. The molecular formula is C26H31N3O7. The van der Waals surface area contributed by atoms with E-state index in [1.165, 1.54) is 19.2 Å². The third-order valence-electron chi connectivity index (χ3n) is 5.87. The Morgan fingerprint density at radius 1 is 1.19 bits per heavy atom. The lowest BCUT2D eigenvalue weighted by Crippen LogP contribution is -2.46. The molecule has 1 aliphatic heterocycles. The average Bonchev–Trinajstić information content (AvgIpc) is 2.86. The molecule has 0 aliphatic carbocycles. The molecule has 0 spiro atoms. The Morgan fingerprint density at radius 3 is 2.58 bits per heavy atom. The average molecular weight is 498 g/mol. The summed E-state index contributed by atoms with van der Waals surface area (Å²) in [6, 6.07) is 8.90. The summed E-state index contributed by atoms with van der Waals surface area (Å²) in [6.45, 7) is 5.84. The second-order valence-corrected chi connectivity index (χ2v) is 8.29. The van der Waals surface area contributed by atoms with Gasteiger partial charge in [-0.25, -0.2) is 9.59 Å². The van der Waals surface area contributed by atoms with Gasteiger partial charge in [0.25, 0.3) is 0 Å². The summed E-state index contributed by atoms with van der Waals surface area (Å²) >= 11 is 0. The van der Waals surface area contributed by atoms with Crippen LogP contribution in [0.5, 0.6) is 11.5 Å². The van der Waals surface area contributed by atoms with Crippen LogP contribution in [0.3, 0.4) is 0 Å². The number of urea groups is 1. The highest BCUT2D eigenvalue weighted by atomic mass is 16.6. The van der Waals surface area contributed by atoms with Gasteiger partial charge in [0.2, 0.25) is 5.75 Å². The van der Waals surface area contributed by atoms with Crippen LogP contribution in [-0.2, 0) is 16.1 Å². The van der Waals surface area contributed by atoms with Crippen molar-refractivity contribution in [1.82, 2.24) is 10.6 Å². The Morgan fingerprint density at radius 2 is 1.94 bits per heavy atom. The summed E-state index contributed by atoms with van der Waals surface area (Å²) in [6.07, 6.45) is 2.03. The van der Waals surface area contributed by atoms with Crippen LogP contribution >= 0.6 is 0 Å². The second kappa shape index (κ2) is 12.1. The molecule has 1 unspecified atom stereocenters. The maximum absolute atomic E-state index is 12.9. The Kier molecular flexibility index (Phi) is 8.88.